The largest absolute Gasteiger partial charge is 0.467 e. The summed E-state index contributed by atoms with van der Waals surface area (Å²) in [6.45, 7) is 1.68. The van der Waals surface area contributed by atoms with Crippen LogP contribution in [0.4, 0.5) is 13.2 Å². The van der Waals surface area contributed by atoms with E-state index in [4.69, 9.17) is 4.42 Å². The van der Waals surface area contributed by atoms with Crippen LogP contribution < -0.4 is 5.32 Å². The minimum absolute atomic E-state index is 0.0658. The quantitative estimate of drug-likeness (QED) is 0.871. The maximum atomic E-state index is 12.8. The molecule has 3 nitrogen and oxygen atoms in total. The van der Waals surface area contributed by atoms with Gasteiger partial charge in [0.25, 0.3) is 5.91 Å². The number of halogens is 4. The molecule has 112 valence electrons. The van der Waals surface area contributed by atoms with E-state index in [0.717, 1.165) is 6.07 Å². The van der Waals surface area contributed by atoms with Crippen molar-refractivity contribution in [2.45, 2.75) is 19.1 Å². The van der Waals surface area contributed by atoms with Gasteiger partial charge in [0.05, 0.1) is 17.9 Å². The summed E-state index contributed by atoms with van der Waals surface area (Å²) in [6.07, 6.45) is -3.07. The van der Waals surface area contributed by atoms with Gasteiger partial charge < -0.3 is 9.73 Å². The number of nitrogens with one attached hydrogen (secondary N) is 1. The van der Waals surface area contributed by atoms with Crippen molar-refractivity contribution in [3.8, 4) is 0 Å². The van der Waals surface area contributed by atoms with Crippen molar-refractivity contribution in [1.82, 2.24) is 5.32 Å². The fourth-order valence-electron chi connectivity index (χ4n) is 1.77. The summed E-state index contributed by atoms with van der Waals surface area (Å²) in [7, 11) is 0. The average Bonchev–Trinajstić information content (AvgIpc) is 2.91. The summed E-state index contributed by atoms with van der Waals surface area (Å²) in [4.78, 5) is 12.0. The molecular weight excluding hydrogens is 351 g/mol. The molecule has 2 aromatic rings. The van der Waals surface area contributed by atoms with Crippen molar-refractivity contribution in [2.24, 2.45) is 0 Å². The normalized spacial score (nSPS) is 13.0. The van der Waals surface area contributed by atoms with Crippen LogP contribution in [0.5, 0.6) is 0 Å². The van der Waals surface area contributed by atoms with Crippen LogP contribution in [0.3, 0.4) is 0 Å². The van der Waals surface area contributed by atoms with Gasteiger partial charge in [-0.15, -0.1) is 0 Å². The van der Waals surface area contributed by atoms with E-state index in [2.05, 4.69) is 21.2 Å². The van der Waals surface area contributed by atoms with Gasteiger partial charge in [0, 0.05) is 10.0 Å². The number of amides is 1. The number of hydrogen-bond donors (Lipinski definition) is 1. The van der Waals surface area contributed by atoms with Crippen LogP contribution in [0.25, 0.3) is 0 Å². The van der Waals surface area contributed by atoms with E-state index in [9.17, 15) is 18.0 Å². The van der Waals surface area contributed by atoms with Crippen LogP contribution in [0.2, 0.25) is 0 Å². The highest BCUT2D eigenvalue weighted by molar-refractivity contribution is 9.10. The Hall–Kier alpha value is -1.76. The summed E-state index contributed by atoms with van der Waals surface area (Å²) < 4.78 is 43.4. The summed E-state index contributed by atoms with van der Waals surface area (Å²) in [6, 6.07) is 6.24. The van der Waals surface area contributed by atoms with Crippen LogP contribution in [-0.2, 0) is 6.18 Å². The first-order valence-corrected chi connectivity index (χ1v) is 6.79. The molecule has 0 aliphatic rings. The highest BCUT2D eigenvalue weighted by Crippen LogP contribution is 2.35. The Bertz CT molecular complexity index is 638. The highest BCUT2D eigenvalue weighted by atomic mass is 79.9. The zero-order valence-electron chi connectivity index (χ0n) is 10.9. The van der Waals surface area contributed by atoms with E-state index in [0.29, 0.717) is 5.76 Å². The monoisotopic (exact) mass is 361 g/mol. The van der Waals surface area contributed by atoms with Gasteiger partial charge in [-0.25, -0.2) is 0 Å². The van der Waals surface area contributed by atoms with E-state index in [-0.39, 0.29) is 10.0 Å². The van der Waals surface area contributed by atoms with Gasteiger partial charge in [0.2, 0.25) is 0 Å². The summed E-state index contributed by atoms with van der Waals surface area (Å²) >= 11 is 2.83. The number of alkyl halides is 3. The third-order valence-electron chi connectivity index (χ3n) is 2.85. The Morgan fingerprint density at radius 2 is 2.05 bits per heavy atom. The molecule has 7 heteroatoms. The van der Waals surface area contributed by atoms with E-state index >= 15 is 0 Å². The Morgan fingerprint density at radius 3 is 2.62 bits per heavy atom. The Morgan fingerprint density at radius 1 is 1.33 bits per heavy atom. The van der Waals surface area contributed by atoms with Gasteiger partial charge in [0.15, 0.2) is 0 Å². The van der Waals surface area contributed by atoms with Gasteiger partial charge in [0.1, 0.15) is 5.76 Å². The van der Waals surface area contributed by atoms with E-state index < -0.39 is 23.7 Å². The SMILES string of the molecule is CC(NC(=O)c1ccc(Br)c(C(F)(F)F)c1)c1ccco1. The van der Waals surface area contributed by atoms with Crippen LogP contribution >= 0.6 is 15.9 Å². The molecule has 0 fully saturated rings. The second kappa shape index (κ2) is 5.93. The molecule has 21 heavy (non-hydrogen) atoms. The molecule has 1 unspecified atom stereocenters. The van der Waals surface area contributed by atoms with Crippen molar-refractivity contribution in [3.05, 3.63) is 58.0 Å². The maximum absolute atomic E-state index is 12.8. The first kappa shape index (κ1) is 15.6. The molecule has 1 aromatic carbocycles. The number of hydrogen-bond acceptors (Lipinski definition) is 2. The number of furan rings is 1. The van der Waals surface area contributed by atoms with Gasteiger partial charge in [-0.1, -0.05) is 15.9 Å². The first-order valence-electron chi connectivity index (χ1n) is 6.00. The van der Waals surface area contributed by atoms with Crippen LogP contribution in [0.15, 0.2) is 45.5 Å². The molecule has 0 aliphatic heterocycles. The molecule has 0 aliphatic carbocycles. The predicted molar refractivity (Wildman–Crippen MR) is 73.7 cm³/mol. The van der Waals surface area contributed by atoms with Gasteiger partial charge >= 0.3 is 6.18 Å². The third kappa shape index (κ3) is 3.66. The molecule has 1 amide bonds. The molecule has 1 atom stereocenters. The van der Waals surface area contributed by atoms with E-state index in [1.54, 1.807) is 19.1 Å². The fourth-order valence-corrected chi connectivity index (χ4v) is 2.24. The molecule has 0 spiro atoms. The van der Waals surface area contributed by atoms with Crippen LogP contribution in [0.1, 0.15) is 34.6 Å². The lowest BCUT2D eigenvalue weighted by atomic mass is 10.1. The molecule has 2 rings (SSSR count). The van der Waals surface area contributed by atoms with E-state index in [1.807, 2.05) is 0 Å². The number of rotatable bonds is 3. The summed E-state index contributed by atoms with van der Waals surface area (Å²) in [5.74, 6) is -0.0755. The second-order valence-electron chi connectivity index (χ2n) is 4.40. The smallest absolute Gasteiger partial charge is 0.417 e. The second-order valence-corrected chi connectivity index (χ2v) is 5.26. The molecular formula is C14H11BrF3NO2. The van der Waals surface area contributed by atoms with Crippen molar-refractivity contribution >= 4 is 21.8 Å². The standard InChI is InChI=1S/C14H11BrF3NO2/c1-8(12-3-2-6-21-12)19-13(20)9-4-5-11(15)10(7-9)14(16,17)18/h2-8H,1H3,(H,19,20). The Balaban J connectivity index is 2.20. The minimum atomic E-state index is -4.53. The molecule has 0 bridgehead atoms. The Labute approximate surface area is 127 Å². The third-order valence-corrected chi connectivity index (χ3v) is 3.54. The maximum Gasteiger partial charge on any atom is 0.417 e. The lowest BCUT2D eigenvalue weighted by Gasteiger charge is -2.14. The zero-order chi connectivity index (χ0) is 15.6. The summed E-state index contributed by atoms with van der Waals surface area (Å²) in [5.41, 5.74) is -0.954. The fraction of sp³-hybridized carbons (Fsp3) is 0.214. The highest BCUT2D eigenvalue weighted by Gasteiger charge is 2.33. The van der Waals surface area contributed by atoms with Crippen molar-refractivity contribution in [2.75, 3.05) is 0 Å². The average molecular weight is 362 g/mol. The van der Waals surface area contributed by atoms with Gasteiger partial charge in [-0.05, 0) is 37.3 Å². The zero-order valence-corrected chi connectivity index (χ0v) is 12.5. The molecule has 1 aromatic heterocycles. The van der Waals surface area contributed by atoms with E-state index in [1.165, 1.54) is 18.4 Å². The van der Waals surface area contributed by atoms with Crippen molar-refractivity contribution < 1.29 is 22.4 Å². The van der Waals surface area contributed by atoms with Gasteiger partial charge in [-0.2, -0.15) is 13.2 Å². The molecule has 1 N–H and O–H groups in total. The molecule has 1 heterocycles. The molecule has 0 radical (unpaired) electrons. The van der Waals surface area contributed by atoms with Crippen LogP contribution in [0, 0.1) is 0 Å². The molecule has 0 saturated heterocycles. The number of carbonyl (C=O) groups excluding carboxylic acids is 1. The first-order chi connectivity index (χ1) is 9.79. The Kier molecular flexibility index (Phi) is 4.41. The lowest BCUT2D eigenvalue weighted by molar-refractivity contribution is -0.138. The topological polar surface area (TPSA) is 42.2 Å². The lowest BCUT2D eigenvalue weighted by Crippen LogP contribution is -2.26. The molecule has 0 saturated carbocycles. The number of carbonyl (C=O) groups is 1. The van der Waals surface area contributed by atoms with Crippen LogP contribution in [-0.4, -0.2) is 5.91 Å². The summed E-state index contributed by atoms with van der Waals surface area (Å²) in [5, 5.41) is 2.58. The minimum Gasteiger partial charge on any atom is -0.467 e. The van der Waals surface area contributed by atoms with Crippen molar-refractivity contribution in [1.29, 1.82) is 0 Å². The van der Waals surface area contributed by atoms with Gasteiger partial charge in [-0.3, -0.25) is 4.79 Å². The predicted octanol–water partition coefficient (Wildman–Crippen LogP) is 4.55. The number of benzene rings is 1. The van der Waals surface area contributed by atoms with Crippen molar-refractivity contribution in [3.63, 3.8) is 0 Å².